The van der Waals surface area contributed by atoms with Crippen LogP contribution in [0.3, 0.4) is 0 Å². The topological polar surface area (TPSA) is 29.1 Å². The molecule has 0 saturated heterocycles. The van der Waals surface area contributed by atoms with E-state index in [1.807, 2.05) is 0 Å². The van der Waals surface area contributed by atoms with Gasteiger partial charge in [0, 0.05) is 6.04 Å². The Morgan fingerprint density at radius 2 is 2.08 bits per heavy atom. The van der Waals surface area contributed by atoms with Crippen LogP contribution < -0.4 is 5.32 Å². The van der Waals surface area contributed by atoms with Gasteiger partial charge in [-0.2, -0.15) is 0 Å². The summed E-state index contributed by atoms with van der Waals surface area (Å²) in [5.74, 6) is 0. The van der Waals surface area contributed by atoms with Crippen molar-refractivity contribution in [2.75, 3.05) is 0 Å². The van der Waals surface area contributed by atoms with E-state index in [9.17, 15) is 4.79 Å². The molecule has 1 atom stereocenters. The Morgan fingerprint density at radius 1 is 1.31 bits per heavy atom. The first-order valence-corrected chi connectivity index (χ1v) is 4.66. The zero-order valence-corrected chi connectivity index (χ0v) is 7.49. The van der Waals surface area contributed by atoms with E-state index in [-0.39, 0.29) is 0 Å². The van der Waals surface area contributed by atoms with Crippen LogP contribution in [0.4, 0.5) is 0 Å². The predicted molar refractivity (Wildman–Crippen MR) is 51.5 cm³/mol. The minimum absolute atomic E-state index is 0.340. The smallest absolute Gasteiger partial charge is 0.207 e. The highest BCUT2D eigenvalue weighted by Crippen LogP contribution is 2.20. The highest BCUT2D eigenvalue weighted by Gasteiger charge is 2.16. The van der Waals surface area contributed by atoms with Gasteiger partial charge >= 0.3 is 0 Å². The Balaban J connectivity index is 2.15. The van der Waals surface area contributed by atoms with Gasteiger partial charge < -0.3 is 5.32 Å². The second-order valence-electron chi connectivity index (χ2n) is 3.49. The van der Waals surface area contributed by atoms with Crippen LogP contribution in [0.2, 0.25) is 0 Å². The molecule has 1 N–H and O–H groups in total. The molecule has 1 amide bonds. The summed E-state index contributed by atoms with van der Waals surface area (Å²) in [4.78, 5) is 10.3. The maximum Gasteiger partial charge on any atom is 0.207 e. The van der Waals surface area contributed by atoms with Crippen molar-refractivity contribution in [1.82, 2.24) is 5.32 Å². The average molecular weight is 175 g/mol. The molecule has 68 valence electrons. The van der Waals surface area contributed by atoms with Crippen molar-refractivity contribution in [2.24, 2.45) is 0 Å². The molecule has 0 spiro atoms. The molecule has 0 fully saturated rings. The van der Waals surface area contributed by atoms with Gasteiger partial charge in [0.05, 0.1) is 0 Å². The molecular formula is C11H13NO. The van der Waals surface area contributed by atoms with Crippen molar-refractivity contribution < 1.29 is 4.79 Å². The number of hydrogen-bond acceptors (Lipinski definition) is 1. The van der Waals surface area contributed by atoms with E-state index in [1.54, 1.807) is 0 Å². The van der Waals surface area contributed by atoms with Crippen LogP contribution in [0.5, 0.6) is 0 Å². The molecule has 2 nitrogen and oxygen atoms in total. The largest absolute Gasteiger partial charge is 0.356 e. The number of benzene rings is 1. The van der Waals surface area contributed by atoms with Crippen LogP contribution in [0.25, 0.3) is 0 Å². The van der Waals surface area contributed by atoms with Crippen molar-refractivity contribution in [1.29, 1.82) is 0 Å². The third-order valence-electron chi connectivity index (χ3n) is 2.65. The molecular weight excluding hydrogens is 162 g/mol. The zero-order valence-electron chi connectivity index (χ0n) is 7.49. The van der Waals surface area contributed by atoms with Crippen molar-refractivity contribution in [2.45, 2.75) is 25.3 Å². The number of hydrogen-bond donors (Lipinski definition) is 1. The van der Waals surface area contributed by atoms with Gasteiger partial charge in [-0.05, 0) is 30.4 Å². The number of carbonyl (C=O) groups excluding carboxylic acids is 1. The summed E-state index contributed by atoms with van der Waals surface area (Å²) >= 11 is 0. The molecule has 0 aromatic heterocycles. The second-order valence-corrected chi connectivity index (χ2v) is 3.49. The zero-order chi connectivity index (χ0) is 9.10. The lowest BCUT2D eigenvalue weighted by Crippen LogP contribution is -2.33. The molecule has 2 rings (SSSR count). The summed E-state index contributed by atoms with van der Waals surface area (Å²) in [6.45, 7) is 0. The normalized spacial score (nSPS) is 20.5. The first-order chi connectivity index (χ1) is 6.40. The molecule has 0 radical (unpaired) electrons. The van der Waals surface area contributed by atoms with Gasteiger partial charge in [0.1, 0.15) is 0 Å². The van der Waals surface area contributed by atoms with E-state index in [0.29, 0.717) is 6.04 Å². The second kappa shape index (κ2) is 3.60. The van der Waals surface area contributed by atoms with Gasteiger partial charge in [-0.3, -0.25) is 4.79 Å². The first kappa shape index (κ1) is 8.30. The Morgan fingerprint density at radius 3 is 2.85 bits per heavy atom. The van der Waals surface area contributed by atoms with Crippen LogP contribution >= 0.6 is 0 Å². The Kier molecular flexibility index (Phi) is 2.30. The molecule has 1 aromatic rings. The Hall–Kier alpha value is -1.31. The maximum atomic E-state index is 10.3. The van der Waals surface area contributed by atoms with E-state index in [4.69, 9.17) is 0 Å². The number of nitrogens with one attached hydrogen (secondary N) is 1. The van der Waals surface area contributed by atoms with Crippen molar-refractivity contribution in [3.63, 3.8) is 0 Å². The minimum Gasteiger partial charge on any atom is -0.356 e. The van der Waals surface area contributed by atoms with Crippen LogP contribution in [0.1, 0.15) is 17.5 Å². The predicted octanol–water partition coefficient (Wildman–Crippen LogP) is 1.29. The molecule has 0 saturated carbocycles. The number of amides is 1. The molecule has 1 unspecified atom stereocenters. The van der Waals surface area contributed by atoms with Crippen LogP contribution in [0.15, 0.2) is 24.3 Å². The third-order valence-corrected chi connectivity index (χ3v) is 2.65. The SMILES string of the molecule is O=CNC1CCc2ccccc2C1. The molecule has 1 aliphatic carbocycles. The van der Waals surface area contributed by atoms with Gasteiger partial charge in [0.2, 0.25) is 6.41 Å². The van der Waals surface area contributed by atoms with E-state index < -0.39 is 0 Å². The molecule has 0 heterocycles. The monoisotopic (exact) mass is 175 g/mol. The molecule has 0 aliphatic heterocycles. The maximum absolute atomic E-state index is 10.3. The van der Waals surface area contributed by atoms with Crippen molar-refractivity contribution >= 4 is 6.41 Å². The summed E-state index contributed by atoms with van der Waals surface area (Å²) < 4.78 is 0. The number of fused-ring (bicyclic) bond motifs is 1. The van der Waals surface area contributed by atoms with E-state index in [1.165, 1.54) is 11.1 Å². The standard InChI is InChI=1S/C11H13NO/c13-8-12-11-6-5-9-3-1-2-4-10(9)7-11/h1-4,8,11H,5-7H2,(H,12,13). The summed E-state index contributed by atoms with van der Waals surface area (Å²) in [7, 11) is 0. The van der Waals surface area contributed by atoms with Gasteiger partial charge in [0.15, 0.2) is 0 Å². The minimum atomic E-state index is 0.340. The molecule has 2 heteroatoms. The van der Waals surface area contributed by atoms with E-state index >= 15 is 0 Å². The molecule has 1 aliphatic rings. The quantitative estimate of drug-likeness (QED) is 0.674. The summed E-state index contributed by atoms with van der Waals surface area (Å²) in [6, 6.07) is 8.79. The number of carbonyl (C=O) groups is 1. The molecule has 1 aromatic carbocycles. The fraction of sp³-hybridized carbons (Fsp3) is 0.364. The summed E-state index contributed by atoms with van der Waals surface area (Å²) in [6.07, 6.45) is 3.94. The lowest BCUT2D eigenvalue weighted by Gasteiger charge is -2.23. The van der Waals surface area contributed by atoms with Gasteiger partial charge in [-0.15, -0.1) is 0 Å². The number of rotatable bonds is 2. The molecule has 13 heavy (non-hydrogen) atoms. The fourth-order valence-electron chi connectivity index (χ4n) is 1.94. The van der Waals surface area contributed by atoms with Gasteiger partial charge in [-0.25, -0.2) is 0 Å². The Labute approximate surface area is 78.0 Å². The van der Waals surface area contributed by atoms with Crippen molar-refractivity contribution in [3.8, 4) is 0 Å². The van der Waals surface area contributed by atoms with Crippen LogP contribution in [-0.2, 0) is 17.6 Å². The van der Waals surface area contributed by atoms with Crippen LogP contribution in [-0.4, -0.2) is 12.5 Å². The molecule has 0 bridgehead atoms. The fourth-order valence-corrected chi connectivity index (χ4v) is 1.94. The highest BCUT2D eigenvalue weighted by molar-refractivity contribution is 5.47. The van der Waals surface area contributed by atoms with Gasteiger partial charge in [0.25, 0.3) is 0 Å². The first-order valence-electron chi connectivity index (χ1n) is 4.66. The van der Waals surface area contributed by atoms with Crippen molar-refractivity contribution in [3.05, 3.63) is 35.4 Å². The number of aryl methyl sites for hydroxylation is 1. The van der Waals surface area contributed by atoms with E-state index in [0.717, 1.165) is 25.7 Å². The highest BCUT2D eigenvalue weighted by atomic mass is 16.1. The van der Waals surface area contributed by atoms with Crippen LogP contribution in [0, 0.1) is 0 Å². The summed E-state index contributed by atoms with van der Waals surface area (Å²) in [5.41, 5.74) is 2.82. The third kappa shape index (κ3) is 1.72. The average Bonchev–Trinajstić information content (AvgIpc) is 2.18. The van der Waals surface area contributed by atoms with Gasteiger partial charge in [-0.1, -0.05) is 24.3 Å². The lowest BCUT2D eigenvalue weighted by molar-refractivity contribution is -0.110. The lowest BCUT2D eigenvalue weighted by atomic mass is 9.88. The Bertz CT molecular complexity index is 309. The van der Waals surface area contributed by atoms with E-state index in [2.05, 4.69) is 29.6 Å². The summed E-state index contributed by atoms with van der Waals surface area (Å²) in [5, 5.41) is 2.84.